The predicted octanol–water partition coefficient (Wildman–Crippen LogP) is 2.88. The number of methoxy groups -OCH3 is 1. The molecule has 4 nitrogen and oxygen atoms in total. The molecule has 2 rings (SSSR count). The number of benzene rings is 2. The summed E-state index contributed by atoms with van der Waals surface area (Å²) in [7, 11) is -2.26. The summed E-state index contributed by atoms with van der Waals surface area (Å²) in [5.41, 5.74) is 1.05. The van der Waals surface area contributed by atoms with Crippen molar-refractivity contribution in [3.05, 3.63) is 59.7 Å². The highest BCUT2D eigenvalue weighted by Gasteiger charge is 2.15. The fourth-order valence-corrected chi connectivity index (χ4v) is 3.10. The number of ether oxygens (including phenoxy) is 1. The molecule has 124 valence electrons. The average Bonchev–Trinajstić information content (AvgIpc) is 2.54. The first kappa shape index (κ1) is 17.4. The van der Waals surface area contributed by atoms with E-state index >= 15 is 0 Å². The van der Waals surface area contributed by atoms with E-state index in [1.54, 1.807) is 7.11 Å². The van der Waals surface area contributed by atoms with Gasteiger partial charge in [0.2, 0.25) is 10.0 Å². The smallest absolute Gasteiger partial charge is 0.240 e. The van der Waals surface area contributed by atoms with Gasteiger partial charge < -0.3 is 4.74 Å². The topological polar surface area (TPSA) is 55.4 Å². The van der Waals surface area contributed by atoms with Crippen molar-refractivity contribution < 1.29 is 21.9 Å². The van der Waals surface area contributed by atoms with Crippen molar-refractivity contribution in [3.8, 4) is 5.75 Å². The monoisotopic (exact) mass is 341 g/mol. The maximum absolute atomic E-state index is 13.1. The number of sulfonamides is 1. The maximum Gasteiger partial charge on any atom is 0.240 e. The van der Waals surface area contributed by atoms with Gasteiger partial charge >= 0.3 is 0 Å². The van der Waals surface area contributed by atoms with Crippen LogP contribution in [0.1, 0.15) is 12.0 Å². The molecule has 0 unspecified atom stereocenters. The van der Waals surface area contributed by atoms with Crippen LogP contribution in [0.25, 0.3) is 0 Å². The van der Waals surface area contributed by atoms with Gasteiger partial charge in [-0.1, -0.05) is 12.1 Å². The lowest BCUT2D eigenvalue weighted by Gasteiger charge is -2.07. The number of hydrogen-bond donors (Lipinski definition) is 1. The first-order valence-corrected chi connectivity index (χ1v) is 8.48. The molecule has 0 heterocycles. The zero-order valence-corrected chi connectivity index (χ0v) is 13.4. The van der Waals surface area contributed by atoms with Crippen LogP contribution in [-0.4, -0.2) is 22.1 Å². The van der Waals surface area contributed by atoms with E-state index in [0.29, 0.717) is 18.9 Å². The van der Waals surface area contributed by atoms with Crippen LogP contribution in [0, 0.1) is 11.6 Å². The summed E-state index contributed by atoms with van der Waals surface area (Å²) in [5.74, 6) is -1.51. The van der Waals surface area contributed by atoms with Crippen LogP contribution in [0.5, 0.6) is 5.75 Å². The molecule has 0 saturated carbocycles. The minimum absolute atomic E-state index is 0.202. The Bertz CT molecular complexity index is 761. The van der Waals surface area contributed by atoms with Crippen LogP contribution in [-0.2, 0) is 16.4 Å². The van der Waals surface area contributed by atoms with Crippen molar-refractivity contribution in [1.29, 1.82) is 0 Å². The Hall–Kier alpha value is -1.99. The second kappa shape index (κ2) is 7.52. The Morgan fingerprint density at radius 3 is 2.35 bits per heavy atom. The van der Waals surface area contributed by atoms with Crippen molar-refractivity contribution in [3.63, 3.8) is 0 Å². The molecule has 0 saturated heterocycles. The van der Waals surface area contributed by atoms with E-state index in [1.165, 1.54) is 0 Å². The molecule has 0 fully saturated rings. The lowest BCUT2D eigenvalue weighted by Crippen LogP contribution is -2.25. The third-order valence-electron chi connectivity index (χ3n) is 3.29. The molecule has 0 aliphatic heterocycles. The first-order valence-electron chi connectivity index (χ1n) is 7.00. The molecule has 0 atom stereocenters. The van der Waals surface area contributed by atoms with E-state index in [1.807, 2.05) is 24.3 Å². The van der Waals surface area contributed by atoms with Crippen LogP contribution < -0.4 is 9.46 Å². The van der Waals surface area contributed by atoms with Gasteiger partial charge in [-0.3, -0.25) is 0 Å². The van der Waals surface area contributed by atoms with Crippen LogP contribution >= 0.6 is 0 Å². The van der Waals surface area contributed by atoms with E-state index in [0.717, 1.165) is 23.4 Å². The fourth-order valence-electron chi connectivity index (χ4n) is 2.02. The lowest BCUT2D eigenvalue weighted by atomic mass is 10.1. The normalized spacial score (nSPS) is 11.4. The molecule has 0 aromatic heterocycles. The molecule has 0 bridgehead atoms. The van der Waals surface area contributed by atoms with Gasteiger partial charge in [0.1, 0.15) is 5.75 Å². The minimum Gasteiger partial charge on any atom is -0.497 e. The lowest BCUT2D eigenvalue weighted by molar-refractivity contribution is 0.414. The first-order chi connectivity index (χ1) is 10.9. The molecule has 23 heavy (non-hydrogen) atoms. The van der Waals surface area contributed by atoms with Gasteiger partial charge in [-0.05, 0) is 48.7 Å². The summed E-state index contributed by atoms with van der Waals surface area (Å²) < 4.78 is 57.3. The summed E-state index contributed by atoms with van der Waals surface area (Å²) in [6.45, 7) is 0.202. The Balaban J connectivity index is 1.88. The van der Waals surface area contributed by atoms with Crippen LogP contribution in [0.15, 0.2) is 47.4 Å². The summed E-state index contributed by atoms with van der Waals surface area (Å²) in [4.78, 5) is -0.291. The minimum atomic E-state index is -3.84. The number of aryl methyl sites for hydroxylation is 1. The van der Waals surface area contributed by atoms with Crippen molar-refractivity contribution in [2.45, 2.75) is 17.7 Å². The molecule has 0 spiro atoms. The van der Waals surface area contributed by atoms with Crippen LogP contribution in [0.2, 0.25) is 0 Å². The van der Waals surface area contributed by atoms with Gasteiger partial charge in [0.25, 0.3) is 0 Å². The molecule has 1 N–H and O–H groups in total. The van der Waals surface area contributed by atoms with E-state index in [4.69, 9.17) is 4.74 Å². The van der Waals surface area contributed by atoms with Crippen LogP contribution in [0.4, 0.5) is 8.78 Å². The average molecular weight is 341 g/mol. The standard InChI is InChI=1S/C16H17F2NO3S/c1-22-13-6-4-12(5-7-13)3-2-10-19-23(20,21)14-8-9-15(17)16(18)11-14/h4-9,11,19H,2-3,10H2,1H3. The summed E-state index contributed by atoms with van der Waals surface area (Å²) in [5, 5.41) is 0. The second-order valence-corrected chi connectivity index (χ2v) is 6.69. The molecular weight excluding hydrogens is 324 g/mol. The summed E-state index contributed by atoms with van der Waals surface area (Å²) in [6.07, 6.45) is 1.26. The predicted molar refractivity (Wildman–Crippen MR) is 82.9 cm³/mol. The van der Waals surface area contributed by atoms with Crippen molar-refractivity contribution >= 4 is 10.0 Å². The van der Waals surface area contributed by atoms with Gasteiger partial charge in [0.05, 0.1) is 12.0 Å². The molecule has 2 aromatic rings. The van der Waals surface area contributed by atoms with E-state index in [-0.39, 0.29) is 11.4 Å². The molecule has 0 aliphatic carbocycles. The molecule has 0 aliphatic rings. The number of halogens is 2. The Labute approximate surface area is 134 Å². The third kappa shape index (κ3) is 4.74. The van der Waals surface area contributed by atoms with Crippen molar-refractivity contribution in [2.75, 3.05) is 13.7 Å². The van der Waals surface area contributed by atoms with Gasteiger partial charge in [0.15, 0.2) is 11.6 Å². The highest BCUT2D eigenvalue weighted by Crippen LogP contribution is 2.14. The van der Waals surface area contributed by atoms with Gasteiger partial charge in [0, 0.05) is 6.54 Å². The van der Waals surface area contributed by atoms with E-state index in [9.17, 15) is 17.2 Å². The number of rotatable bonds is 7. The molecular formula is C16H17F2NO3S. The van der Waals surface area contributed by atoms with E-state index in [2.05, 4.69) is 4.72 Å². The van der Waals surface area contributed by atoms with Crippen LogP contribution in [0.3, 0.4) is 0 Å². The van der Waals surface area contributed by atoms with Crippen molar-refractivity contribution in [1.82, 2.24) is 4.72 Å². The molecule has 0 amide bonds. The van der Waals surface area contributed by atoms with Crippen molar-refractivity contribution in [2.24, 2.45) is 0 Å². The maximum atomic E-state index is 13.1. The summed E-state index contributed by atoms with van der Waals surface area (Å²) in [6, 6.07) is 9.97. The molecule has 2 aromatic carbocycles. The quantitative estimate of drug-likeness (QED) is 0.788. The molecule has 0 radical (unpaired) electrons. The number of hydrogen-bond acceptors (Lipinski definition) is 3. The SMILES string of the molecule is COc1ccc(CCCNS(=O)(=O)c2ccc(F)c(F)c2)cc1. The number of nitrogens with one attached hydrogen (secondary N) is 1. The zero-order chi connectivity index (χ0) is 16.9. The second-order valence-electron chi connectivity index (χ2n) is 4.93. The van der Waals surface area contributed by atoms with Gasteiger partial charge in [-0.25, -0.2) is 21.9 Å². The Morgan fingerprint density at radius 1 is 1.04 bits per heavy atom. The highest BCUT2D eigenvalue weighted by atomic mass is 32.2. The third-order valence-corrected chi connectivity index (χ3v) is 4.75. The summed E-state index contributed by atoms with van der Waals surface area (Å²) >= 11 is 0. The Kier molecular flexibility index (Phi) is 5.68. The van der Waals surface area contributed by atoms with Gasteiger partial charge in [-0.15, -0.1) is 0 Å². The van der Waals surface area contributed by atoms with Gasteiger partial charge in [-0.2, -0.15) is 0 Å². The zero-order valence-electron chi connectivity index (χ0n) is 12.6. The largest absolute Gasteiger partial charge is 0.497 e. The van der Waals surface area contributed by atoms with E-state index < -0.39 is 21.7 Å². The molecule has 7 heteroatoms. The highest BCUT2D eigenvalue weighted by molar-refractivity contribution is 7.89. The fraction of sp³-hybridized carbons (Fsp3) is 0.250. The Morgan fingerprint density at radius 2 is 1.74 bits per heavy atom.